The summed E-state index contributed by atoms with van der Waals surface area (Å²) < 4.78 is 4.78. The number of nitrogens with zero attached hydrogens (tertiary/aromatic N) is 1. The van der Waals surface area contributed by atoms with Crippen LogP contribution in [0.2, 0.25) is 0 Å². The maximum absolute atomic E-state index is 12.7. The van der Waals surface area contributed by atoms with Crippen LogP contribution in [0.15, 0.2) is 29.5 Å². The van der Waals surface area contributed by atoms with Crippen LogP contribution in [0.3, 0.4) is 0 Å². The first-order chi connectivity index (χ1) is 12.9. The summed E-state index contributed by atoms with van der Waals surface area (Å²) in [5.74, 6) is -1.15. The minimum absolute atomic E-state index is 0.0533. The van der Waals surface area contributed by atoms with E-state index in [1.807, 2.05) is 19.9 Å². The lowest BCUT2D eigenvalue weighted by Crippen LogP contribution is -2.31. The molecule has 0 aliphatic carbocycles. The third kappa shape index (κ3) is 4.85. The van der Waals surface area contributed by atoms with Crippen LogP contribution in [0.1, 0.15) is 25.3 Å². The zero-order chi connectivity index (χ0) is 20.0. The number of benzene rings is 1. The number of anilines is 2. The van der Waals surface area contributed by atoms with Gasteiger partial charge in [-0.15, -0.1) is 0 Å². The fourth-order valence-electron chi connectivity index (χ4n) is 2.79. The molecule has 0 bridgehead atoms. The zero-order valence-electron chi connectivity index (χ0n) is 15.8. The van der Waals surface area contributed by atoms with Crippen molar-refractivity contribution in [2.75, 3.05) is 37.4 Å². The SMILES string of the molecule is CCCC(=O)Nc1ccc(C)cc1NC1=C(C(=O)OC)CN(CCO)C1=O. The molecule has 1 aromatic carbocycles. The third-order valence-electron chi connectivity index (χ3n) is 4.14. The second-order valence-corrected chi connectivity index (χ2v) is 6.27. The Hall–Kier alpha value is -2.87. The van der Waals surface area contributed by atoms with E-state index in [-0.39, 0.29) is 36.9 Å². The van der Waals surface area contributed by atoms with Crippen molar-refractivity contribution in [3.8, 4) is 0 Å². The van der Waals surface area contributed by atoms with E-state index >= 15 is 0 Å². The van der Waals surface area contributed by atoms with E-state index < -0.39 is 11.9 Å². The summed E-state index contributed by atoms with van der Waals surface area (Å²) in [6.07, 6.45) is 1.10. The number of amides is 2. The van der Waals surface area contributed by atoms with Crippen LogP contribution in [-0.4, -0.2) is 54.6 Å². The number of carbonyl (C=O) groups excluding carboxylic acids is 3. The van der Waals surface area contributed by atoms with Crippen LogP contribution < -0.4 is 10.6 Å². The molecule has 27 heavy (non-hydrogen) atoms. The monoisotopic (exact) mass is 375 g/mol. The van der Waals surface area contributed by atoms with Crippen molar-refractivity contribution in [3.05, 3.63) is 35.0 Å². The van der Waals surface area contributed by atoms with Gasteiger partial charge in [-0.1, -0.05) is 13.0 Å². The number of aliphatic hydroxyl groups is 1. The number of rotatable bonds is 8. The largest absolute Gasteiger partial charge is 0.466 e. The number of hydrogen-bond acceptors (Lipinski definition) is 6. The van der Waals surface area contributed by atoms with Crippen molar-refractivity contribution in [2.24, 2.45) is 0 Å². The molecule has 0 atom stereocenters. The molecule has 2 rings (SSSR count). The van der Waals surface area contributed by atoms with E-state index in [9.17, 15) is 14.4 Å². The maximum Gasteiger partial charge on any atom is 0.337 e. The number of β-amino-alcohol motifs (C(OH)–C–C–N with tert-alkyl or cyclic N) is 1. The van der Waals surface area contributed by atoms with E-state index in [4.69, 9.17) is 9.84 Å². The van der Waals surface area contributed by atoms with Gasteiger partial charge in [0, 0.05) is 13.0 Å². The fourth-order valence-corrected chi connectivity index (χ4v) is 2.79. The second-order valence-electron chi connectivity index (χ2n) is 6.27. The van der Waals surface area contributed by atoms with Gasteiger partial charge in [0.15, 0.2) is 0 Å². The van der Waals surface area contributed by atoms with E-state index in [0.29, 0.717) is 24.2 Å². The Labute approximate surface area is 158 Å². The van der Waals surface area contributed by atoms with Gasteiger partial charge in [0.1, 0.15) is 5.70 Å². The smallest absolute Gasteiger partial charge is 0.337 e. The molecule has 1 aliphatic rings. The molecule has 0 fully saturated rings. The lowest BCUT2D eigenvalue weighted by Gasteiger charge is -2.17. The molecule has 1 aliphatic heterocycles. The molecule has 0 saturated heterocycles. The number of nitrogens with one attached hydrogen (secondary N) is 2. The van der Waals surface area contributed by atoms with Crippen molar-refractivity contribution in [1.82, 2.24) is 4.90 Å². The van der Waals surface area contributed by atoms with Crippen molar-refractivity contribution in [1.29, 1.82) is 0 Å². The van der Waals surface area contributed by atoms with Crippen molar-refractivity contribution < 1.29 is 24.2 Å². The summed E-state index contributed by atoms with van der Waals surface area (Å²) in [5, 5.41) is 14.9. The summed E-state index contributed by atoms with van der Waals surface area (Å²) in [6, 6.07) is 5.37. The highest BCUT2D eigenvalue weighted by Crippen LogP contribution is 2.28. The molecule has 8 nitrogen and oxygen atoms in total. The quantitative estimate of drug-likeness (QED) is 0.593. The Morgan fingerprint density at radius 1 is 1.30 bits per heavy atom. The predicted molar refractivity (Wildman–Crippen MR) is 101 cm³/mol. The second kappa shape index (κ2) is 9.18. The highest BCUT2D eigenvalue weighted by atomic mass is 16.5. The lowest BCUT2D eigenvalue weighted by molar-refractivity contribution is -0.136. The third-order valence-corrected chi connectivity index (χ3v) is 4.14. The molecular weight excluding hydrogens is 350 g/mol. The Kier molecular flexibility index (Phi) is 6.95. The zero-order valence-corrected chi connectivity index (χ0v) is 15.8. The predicted octanol–water partition coefficient (Wildman–Crippen LogP) is 1.41. The average Bonchev–Trinajstić information content (AvgIpc) is 2.93. The number of carbonyl (C=O) groups is 3. The van der Waals surface area contributed by atoms with Gasteiger partial charge >= 0.3 is 5.97 Å². The van der Waals surface area contributed by atoms with Gasteiger partial charge in [0.25, 0.3) is 5.91 Å². The molecular formula is C19H25N3O5. The molecule has 8 heteroatoms. The molecule has 0 spiro atoms. The van der Waals surface area contributed by atoms with Gasteiger partial charge in [-0.25, -0.2) is 4.79 Å². The van der Waals surface area contributed by atoms with Crippen molar-refractivity contribution >= 4 is 29.2 Å². The standard InChI is InChI=1S/C19H25N3O5/c1-4-5-16(24)20-14-7-6-12(2)10-15(14)21-17-13(19(26)27-3)11-22(8-9-23)18(17)25/h6-7,10,21,23H,4-5,8-9,11H2,1-3H3,(H,20,24). The first-order valence-electron chi connectivity index (χ1n) is 8.80. The summed E-state index contributed by atoms with van der Waals surface area (Å²) in [5.41, 5.74) is 2.22. The van der Waals surface area contributed by atoms with Crippen LogP contribution in [0.5, 0.6) is 0 Å². The van der Waals surface area contributed by atoms with Crippen LogP contribution >= 0.6 is 0 Å². The maximum atomic E-state index is 12.7. The number of aliphatic hydroxyl groups excluding tert-OH is 1. The minimum Gasteiger partial charge on any atom is -0.466 e. The molecule has 146 valence electrons. The van der Waals surface area contributed by atoms with E-state index in [2.05, 4.69) is 10.6 Å². The Morgan fingerprint density at radius 2 is 2.04 bits per heavy atom. The summed E-state index contributed by atoms with van der Waals surface area (Å²) in [4.78, 5) is 38.1. The number of methoxy groups -OCH3 is 1. The van der Waals surface area contributed by atoms with Gasteiger partial charge in [-0.2, -0.15) is 0 Å². The Morgan fingerprint density at radius 3 is 2.67 bits per heavy atom. The summed E-state index contributed by atoms with van der Waals surface area (Å²) in [6.45, 7) is 3.74. The molecule has 0 aromatic heterocycles. The van der Waals surface area contributed by atoms with Gasteiger partial charge in [-0.05, 0) is 31.0 Å². The number of esters is 1. The van der Waals surface area contributed by atoms with Crippen LogP contribution in [-0.2, 0) is 19.1 Å². The van der Waals surface area contributed by atoms with E-state index in [0.717, 1.165) is 5.56 Å². The molecule has 2 amide bonds. The normalized spacial score (nSPS) is 13.8. The highest BCUT2D eigenvalue weighted by Gasteiger charge is 2.34. The van der Waals surface area contributed by atoms with Crippen molar-refractivity contribution in [2.45, 2.75) is 26.7 Å². The van der Waals surface area contributed by atoms with Gasteiger partial charge < -0.3 is 25.4 Å². The molecule has 0 saturated carbocycles. The topological polar surface area (TPSA) is 108 Å². The van der Waals surface area contributed by atoms with Crippen molar-refractivity contribution in [3.63, 3.8) is 0 Å². The Bertz CT molecular complexity index is 773. The average molecular weight is 375 g/mol. The van der Waals surface area contributed by atoms with E-state index in [1.165, 1.54) is 12.0 Å². The van der Waals surface area contributed by atoms with Gasteiger partial charge in [0.05, 0.1) is 37.2 Å². The molecule has 1 aromatic rings. The number of aryl methyl sites for hydroxylation is 1. The first kappa shape index (κ1) is 20.4. The minimum atomic E-state index is -0.615. The molecule has 0 unspecified atom stereocenters. The lowest BCUT2D eigenvalue weighted by atomic mass is 10.1. The van der Waals surface area contributed by atoms with Crippen LogP contribution in [0.25, 0.3) is 0 Å². The Balaban J connectivity index is 2.37. The van der Waals surface area contributed by atoms with Crippen LogP contribution in [0.4, 0.5) is 11.4 Å². The van der Waals surface area contributed by atoms with E-state index in [1.54, 1.807) is 12.1 Å². The van der Waals surface area contributed by atoms with Crippen LogP contribution in [0, 0.1) is 6.92 Å². The summed E-state index contributed by atoms with van der Waals surface area (Å²) >= 11 is 0. The van der Waals surface area contributed by atoms with Gasteiger partial charge in [0.2, 0.25) is 5.91 Å². The molecule has 0 radical (unpaired) electrons. The highest BCUT2D eigenvalue weighted by molar-refractivity contribution is 6.09. The molecule has 1 heterocycles. The number of hydrogen-bond donors (Lipinski definition) is 3. The number of ether oxygens (including phenoxy) is 1. The summed E-state index contributed by atoms with van der Waals surface area (Å²) in [7, 11) is 1.25. The first-order valence-corrected chi connectivity index (χ1v) is 8.80. The van der Waals surface area contributed by atoms with Gasteiger partial charge in [-0.3, -0.25) is 9.59 Å². The molecule has 3 N–H and O–H groups in total. The fraction of sp³-hybridized carbons (Fsp3) is 0.421.